The van der Waals surface area contributed by atoms with E-state index in [0.717, 1.165) is 18.4 Å². The first-order valence-electron chi connectivity index (χ1n) is 7.45. The van der Waals surface area contributed by atoms with Crippen molar-refractivity contribution in [1.29, 1.82) is 0 Å². The van der Waals surface area contributed by atoms with Crippen LogP contribution in [-0.4, -0.2) is 48.8 Å². The van der Waals surface area contributed by atoms with Crippen LogP contribution in [0.2, 0.25) is 0 Å². The van der Waals surface area contributed by atoms with Crippen LogP contribution in [0, 0.1) is 5.92 Å². The normalized spacial score (nSPS) is 15.5. The number of esters is 1. The monoisotopic (exact) mass is 306 g/mol. The summed E-state index contributed by atoms with van der Waals surface area (Å²) < 4.78 is 4.64. The van der Waals surface area contributed by atoms with E-state index in [1.165, 1.54) is 7.11 Å². The quantitative estimate of drug-likeness (QED) is 0.824. The summed E-state index contributed by atoms with van der Waals surface area (Å²) in [5.41, 5.74) is 1.41. The zero-order valence-electron chi connectivity index (χ0n) is 12.7. The number of piperidine rings is 1. The number of nitrogens with one attached hydrogen (secondary N) is 1. The lowest BCUT2D eigenvalue weighted by Crippen LogP contribution is -2.44. The topological polar surface area (TPSA) is 78.9 Å². The minimum absolute atomic E-state index is 0.0894. The summed E-state index contributed by atoms with van der Waals surface area (Å²) in [6.07, 6.45) is 1.69. The van der Waals surface area contributed by atoms with E-state index in [-0.39, 0.29) is 18.6 Å². The van der Waals surface area contributed by atoms with Crippen molar-refractivity contribution in [2.75, 3.05) is 26.8 Å². The lowest BCUT2D eigenvalue weighted by Gasteiger charge is -2.31. The van der Waals surface area contributed by atoms with Crippen LogP contribution in [0.5, 0.6) is 0 Å². The third-order valence-corrected chi connectivity index (χ3v) is 3.98. The Hall–Kier alpha value is -2.08. The molecule has 2 amide bonds. The van der Waals surface area contributed by atoms with Crippen LogP contribution in [0.4, 0.5) is 4.79 Å². The lowest BCUT2D eigenvalue weighted by molar-refractivity contribution is 0.0600. The summed E-state index contributed by atoms with van der Waals surface area (Å²) in [5.74, 6) is -0.0581. The highest BCUT2D eigenvalue weighted by atomic mass is 16.5. The molecule has 2 N–H and O–H groups in total. The molecule has 0 saturated carbocycles. The van der Waals surface area contributed by atoms with Gasteiger partial charge < -0.3 is 20.1 Å². The van der Waals surface area contributed by atoms with E-state index in [9.17, 15) is 9.59 Å². The van der Waals surface area contributed by atoms with Gasteiger partial charge in [-0.1, -0.05) is 12.1 Å². The molecule has 1 aromatic carbocycles. The van der Waals surface area contributed by atoms with Gasteiger partial charge in [0.2, 0.25) is 0 Å². The number of likely N-dealkylation sites (tertiary alicyclic amines) is 1. The second-order valence-electron chi connectivity index (χ2n) is 5.46. The molecule has 2 rings (SSSR count). The van der Waals surface area contributed by atoms with Gasteiger partial charge >= 0.3 is 12.0 Å². The van der Waals surface area contributed by atoms with Gasteiger partial charge in [0.15, 0.2) is 0 Å². The number of urea groups is 1. The Labute approximate surface area is 130 Å². The fourth-order valence-electron chi connectivity index (χ4n) is 2.48. The van der Waals surface area contributed by atoms with Crippen LogP contribution in [0.15, 0.2) is 24.3 Å². The van der Waals surface area contributed by atoms with E-state index in [0.29, 0.717) is 31.1 Å². The van der Waals surface area contributed by atoms with Crippen LogP contribution in [0.3, 0.4) is 0 Å². The summed E-state index contributed by atoms with van der Waals surface area (Å²) in [6, 6.07) is 6.86. The summed E-state index contributed by atoms with van der Waals surface area (Å²) in [6.45, 7) is 1.97. The number of aliphatic hydroxyl groups is 1. The number of carbonyl (C=O) groups is 2. The molecule has 0 radical (unpaired) electrons. The van der Waals surface area contributed by atoms with Gasteiger partial charge in [0, 0.05) is 26.2 Å². The number of hydrogen-bond acceptors (Lipinski definition) is 4. The van der Waals surface area contributed by atoms with Gasteiger partial charge in [0.25, 0.3) is 0 Å². The molecule has 0 atom stereocenters. The van der Waals surface area contributed by atoms with Crippen LogP contribution in [-0.2, 0) is 11.3 Å². The molecule has 1 fully saturated rings. The van der Waals surface area contributed by atoms with Crippen molar-refractivity contribution >= 4 is 12.0 Å². The molecular formula is C16H22N2O4. The molecule has 0 bridgehead atoms. The number of nitrogens with zero attached hydrogens (tertiary/aromatic N) is 1. The number of benzene rings is 1. The molecule has 6 heteroatoms. The first kappa shape index (κ1) is 16.3. The Bertz CT molecular complexity index is 507. The van der Waals surface area contributed by atoms with E-state index in [4.69, 9.17) is 5.11 Å². The Morgan fingerprint density at radius 2 is 1.91 bits per heavy atom. The van der Waals surface area contributed by atoms with Crippen LogP contribution < -0.4 is 5.32 Å². The van der Waals surface area contributed by atoms with E-state index >= 15 is 0 Å². The molecule has 1 heterocycles. The first-order valence-corrected chi connectivity index (χ1v) is 7.45. The number of methoxy groups -OCH3 is 1. The third-order valence-electron chi connectivity index (χ3n) is 3.98. The summed E-state index contributed by atoms with van der Waals surface area (Å²) in [4.78, 5) is 25.2. The van der Waals surface area contributed by atoms with Gasteiger partial charge in [-0.2, -0.15) is 0 Å². The van der Waals surface area contributed by atoms with E-state index in [1.54, 1.807) is 29.2 Å². The Morgan fingerprint density at radius 1 is 1.27 bits per heavy atom. The number of aliphatic hydroxyl groups excluding tert-OH is 1. The second-order valence-corrected chi connectivity index (χ2v) is 5.46. The smallest absolute Gasteiger partial charge is 0.337 e. The number of rotatable bonds is 4. The highest BCUT2D eigenvalue weighted by Gasteiger charge is 2.21. The Balaban J connectivity index is 1.80. The lowest BCUT2D eigenvalue weighted by atomic mass is 9.98. The number of ether oxygens (including phenoxy) is 1. The predicted molar refractivity (Wildman–Crippen MR) is 81.4 cm³/mol. The zero-order valence-corrected chi connectivity index (χ0v) is 12.7. The second kappa shape index (κ2) is 7.79. The fraction of sp³-hybridized carbons (Fsp3) is 0.500. The SMILES string of the molecule is COC(=O)c1ccc(CNC(=O)N2CCC(CO)CC2)cc1. The molecule has 0 unspecified atom stereocenters. The zero-order chi connectivity index (χ0) is 15.9. The van der Waals surface area contributed by atoms with Crippen molar-refractivity contribution in [2.24, 2.45) is 5.92 Å². The summed E-state index contributed by atoms with van der Waals surface area (Å²) in [7, 11) is 1.34. The van der Waals surface area contributed by atoms with Crippen molar-refractivity contribution in [1.82, 2.24) is 10.2 Å². The van der Waals surface area contributed by atoms with Gasteiger partial charge in [-0.3, -0.25) is 0 Å². The van der Waals surface area contributed by atoms with Crippen molar-refractivity contribution in [3.05, 3.63) is 35.4 Å². The molecular weight excluding hydrogens is 284 g/mol. The van der Waals surface area contributed by atoms with Gasteiger partial charge in [0.05, 0.1) is 12.7 Å². The maximum Gasteiger partial charge on any atom is 0.337 e. The largest absolute Gasteiger partial charge is 0.465 e. The molecule has 1 saturated heterocycles. The van der Waals surface area contributed by atoms with Crippen LogP contribution in [0.1, 0.15) is 28.8 Å². The molecule has 0 spiro atoms. The molecule has 0 aliphatic carbocycles. The van der Waals surface area contributed by atoms with Gasteiger partial charge in [0.1, 0.15) is 0 Å². The van der Waals surface area contributed by atoms with Crippen LogP contribution in [0.25, 0.3) is 0 Å². The summed E-state index contributed by atoms with van der Waals surface area (Å²) in [5, 5.41) is 12.0. The average Bonchev–Trinajstić information content (AvgIpc) is 2.59. The standard InChI is InChI=1S/C16H22N2O4/c1-22-15(20)14-4-2-12(3-5-14)10-17-16(21)18-8-6-13(11-19)7-9-18/h2-5,13,19H,6-11H2,1H3,(H,17,21). The highest BCUT2D eigenvalue weighted by Crippen LogP contribution is 2.16. The van der Waals surface area contributed by atoms with Gasteiger partial charge in [-0.15, -0.1) is 0 Å². The maximum absolute atomic E-state index is 12.1. The number of amides is 2. The fourth-order valence-corrected chi connectivity index (χ4v) is 2.48. The van der Waals surface area contributed by atoms with Gasteiger partial charge in [-0.25, -0.2) is 9.59 Å². The minimum Gasteiger partial charge on any atom is -0.465 e. The first-order chi connectivity index (χ1) is 10.6. The molecule has 22 heavy (non-hydrogen) atoms. The van der Waals surface area contributed by atoms with Gasteiger partial charge in [-0.05, 0) is 36.5 Å². The minimum atomic E-state index is -0.373. The van der Waals surface area contributed by atoms with E-state index in [2.05, 4.69) is 10.1 Å². The molecule has 6 nitrogen and oxygen atoms in total. The molecule has 1 aliphatic rings. The predicted octanol–water partition coefficient (Wildman–Crippen LogP) is 1.39. The Morgan fingerprint density at radius 3 is 2.45 bits per heavy atom. The summed E-state index contributed by atoms with van der Waals surface area (Å²) >= 11 is 0. The van der Waals surface area contributed by atoms with E-state index < -0.39 is 0 Å². The molecule has 120 valence electrons. The maximum atomic E-state index is 12.1. The number of hydrogen-bond donors (Lipinski definition) is 2. The third kappa shape index (κ3) is 4.21. The number of carbonyl (C=O) groups excluding carboxylic acids is 2. The molecule has 1 aliphatic heterocycles. The van der Waals surface area contributed by atoms with Crippen molar-refractivity contribution in [3.63, 3.8) is 0 Å². The average molecular weight is 306 g/mol. The highest BCUT2D eigenvalue weighted by molar-refractivity contribution is 5.89. The van der Waals surface area contributed by atoms with Crippen molar-refractivity contribution in [3.8, 4) is 0 Å². The molecule has 0 aromatic heterocycles. The van der Waals surface area contributed by atoms with Crippen molar-refractivity contribution in [2.45, 2.75) is 19.4 Å². The Kier molecular flexibility index (Phi) is 5.77. The van der Waals surface area contributed by atoms with E-state index in [1.807, 2.05) is 0 Å². The van der Waals surface area contributed by atoms with Crippen molar-refractivity contribution < 1.29 is 19.4 Å². The van der Waals surface area contributed by atoms with Crippen LogP contribution >= 0.6 is 0 Å². The molecule has 1 aromatic rings.